The van der Waals surface area contributed by atoms with Crippen LogP contribution in [-0.4, -0.2) is 4.98 Å². The standard InChI is InChI=1S/C17H18N2/c1-11-9-12(2)17-15(10-11)13(7-8-18)14-5-3-4-6-16(14)19-17/h9-10H,3-7H2,1-2H3. The highest BCUT2D eigenvalue weighted by molar-refractivity contribution is 5.87. The average Bonchev–Trinajstić information content (AvgIpc) is 2.40. The van der Waals surface area contributed by atoms with Crippen LogP contribution in [-0.2, 0) is 19.3 Å². The molecule has 0 spiro atoms. The molecule has 2 aromatic rings. The van der Waals surface area contributed by atoms with E-state index < -0.39 is 0 Å². The van der Waals surface area contributed by atoms with Gasteiger partial charge in [-0.25, -0.2) is 0 Å². The average molecular weight is 250 g/mol. The summed E-state index contributed by atoms with van der Waals surface area (Å²) in [5, 5.41) is 10.3. The highest BCUT2D eigenvalue weighted by Crippen LogP contribution is 2.31. The highest BCUT2D eigenvalue weighted by atomic mass is 14.7. The lowest BCUT2D eigenvalue weighted by molar-refractivity contribution is 0.666. The summed E-state index contributed by atoms with van der Waals surface area (Å²) in [6.07, 6.45) is 5.11. The molecule has 0 unspecified atom stereocenters. The fraction of sp³-hybridized carbons (Fsp3) is 0.412. The van der Waals surface area contributed by atoms with Crippen LogP contribution in [0.5, 0.6) is 0 Å². The van der Waals surface area contributed by atoms with Gasteiger partial charge in [0, 0.05) is 11.1 Å². The van der Waals surface area contributed by atoms with Crippen LogP contribution in [0, 0.1) is 25.2 Å². The van der Waals surface area contributed by atoms with Gasteiger partial charge in [0.25, 0.3) is 0 Å². The predicted molar refractivity (Wildman–Crippen MR) is 77.2 cm³/mol. The van der Waals surface area contributed by atoms with Gasteiger partial charge in [0.1, 0.15) is 0 Å². The van der Waals surface area contributed by atoms with E-state index in [0.29, 0.717) is 6.42 Å². The van der Waals surface area contributed by atoms with Crippen LogP contribution >= 0.6 is 0 Å². The highest BCUT2D eigenvalue weighted by Gasteiger charge is 2.18. The minimum Gasteiger partial charge on any atom is -0.252 e. The molecule has 1 heterocycles. The maximum Gasteiger partial charge on any atom is 0.0737 e. The summed E-state index contributed by atoms with van der Waals surface area (Å²) in [5.41, 5.74) is 7.39. The number of rotatable bonds is 1. The minimum absolute atomic E-state index is 0.504. The van der Waals surface area contributed by atoms with Gasteiger partial charge in [-0.2, -0.15) is 5.26 Å². The molecule has 96 valence electrons. The van der Waals surface area contributed by atoms with Crippen molar-refractivity contribution in [2.45, 2.75) is 46.0 Å². The van der Waals surface area contributed by atoms with Crippen LogP contribution in [0.4, 0.5) is 0 Å². The minimum atomic E-state index is 0.504. The molecule has 0 aliphatic heterocycles. The van der Waals surface area contributed by atoms with Gasteiger partial charge < -0.3 is 0 Å². The molecule has 0 saturated carbocycles. The molecule has 0 saturated heterocycles. The Morgan fingerprint density at radius 2 is 2.00 bits per heavy atom. The Morgan fingerprint density at radius 1 is 1.21 bits per heavy atom. The van der Waals surface area contributed by atoms with E-state index in [1.54, 1.807) is 0 Å². The lowest BCUT2D eigenvalue weighted by Crippen LogP contribution is -2.10. The van der Waals surface area contributed by atoms with Gasteiger partial charge >= 0.3 is 0 Å². The van der Waals surface area contributed by atoms with Crippen LogP contribution in [0.1, 0.15) is 40.8 Å². The molecule has 0 bridgehead atoms. The molecule has 1 aromatic carbocycles. The lowest BCUT2D eigenvalue weighted by atomic mass is 9.88. The van der Waals surface area contributed by atoms with Crippen LogP contribution in [0.3, 0.4) is 0 Å². The Bertz CT molecular complexity index is 693. The zero-order chi connectivity index (χ0) is 13.4. The summed E-state index contributed by atoms with van der Waals surface area (Å²) in [7, 11) is 0. The largest absolute Gasteiger partial charge is 0.252 e. The van der Waals surface area contributed by atoms with Crippen LogP contribution in [0.25, 0.3) is 10.9 Å². The van der Waals surface area contributed by atoms with Crippen molar-refractivity contribution in [3.63, 3.8) is 0 Å². The summed E-state index contributed by atoms with van der Waals surface area (Å²) in [6, 6.07) is 6.71. The van der Waals surface area contributed by atoms with Gasteiger partial charge in [0.2, 0.25) is 0 Å². The van der Waals surface area contributed by atoms with Crippen molar-refractivity contribution in [2.24, 2.45) is 0 Å². The van der Waals surface area contributed by atoms with Gasteiger partial charge in [-0.15, -0.1) is 0 Å². The Labute approximate surface area is 114 Å². The Kier molecular flexibility index (Phi) is 2.98. The monoisotopic (exact) mass is 250 g/mol. The number of nitriles is 1. The van der Waals surface area contributed by atoms with Crippen molar-refractivity contribution < 1.29 is 0 Å². The van der Waals surface area contributed by atoms with Crippen LogP contribution in [0.15, 0.2) is 12.1 Å². The van der Waals surface area contributed by atoms with E-state index in [-0.39, 0.29) is 0 Å². The van der Waals surface area contributed by atoms with Crippen molar-refractivity contribution in [3.8, 4) is 6.07 Å². The van der Waals surface area contributed by atoms with E-state index in [1.165, 1.54) is 46.2 Å². The molecule has 2 nitrogen and oxygen atoms in total. The molecule has 0 amide bonds. The van der Waals surface area contributed by atoms with Crippen LogP contribution < -0.4 is 0 Å². The molecule has 1 aromatic heterocycles. The zero-order valence-corrected chi connectivity index (χ0v) is 11.6. The van der Waals surface area contributed by atoms with Crippen molar-refractivity contribution in [2.75, 3.05) is 0 Å². The molecule has 19 heavy (non-hydrogen) atoms. The first kappa shape index (κ1) is 12.2. The summed E-state index contributed by atoms with van der Waals surface area (Å²) >= 11 is 0. The van der Waals surface area contributed by atoms with Gasteiger partial charge in [0.15, 0.2) is 0 Å². The third-order valence-corrected chi connectivity index (χ3v) is 4.08. The SMILES string of the molecule is Cc1cc(C)c2nc3c(c(CC#N)c2c1)CCCC3. The summed E-state index contributed by atoms with van der Waals surface area (Å²) in [6.45, 7) is 4.23. The van der Waals surface area contributed by atoms with E-state index in [2.05, 4.69) is 32.0 Å². The molecule has 0 radical (unpaired) electrons. The Hall–Kier alpha value is -1.88. The van der Waals surface area contributed by atoms with E-state index in [9.17, 15) is 0 Å². The second-order valence-electron chi connectivity index (χ2n) is 5.54. The Balaban J connectivity index is 2.39. The second-order valence-corrected chi connectivity index (χ2v) is 5.54. The predicted octanol–water partition coefficient (Wildman–Crippen LogP) is 3.80. The first-order valence-corrected chi connectivity index (χ1v) is 6.99. The zero-order valence-electron chi connectivity index (χ0n) is 11.6. The maximum atomic E-state index is 9.15. The van der Waals surface area contributed by atoms with Crippen molar-refractivity contribution in [1.29, 1.82) is 5.26 Å². The number of pyridine rings is 1. The fourth-order valence-corrected chi connectivity index (χ4v) is 3.25. The van der Waals surface area contributed by atoms with Crippen molar-refractivity contribution in [1.82, 2.24) is 4.98 Å². The fourth-order valence-electron chi connectivity index (χ4n) is 3.25. The van der Waals surface area contributed by atoms with Gasteiger partial charge in [-0.3, -0.25) is 4.98 Å². The smallest absolute Gasteiger partial charge is 0.0737 e. The molecular formula is C17H18N2. The molecule has 0 atom stereocenters. The molecule has 0 fully saturated rings. The van der Waals surface area contributed by atoms with Crippen molar-refractivity contribution >= 4 is 10.9 Å². The second kappa shape index (κ2) is 4.66. The number of aryl methyl sites for hydroxylation is 3. The molecule has 0 N–H and O–H groups in total. The van der Waals surface area contributed by atoms with E-state index in [1.807, 2.05) is 0 Å². The number of hydrogen-bond acceptors (Lipinski definition) is 2. The number of aromatic nitrogens is 1. The normalized spacial score (nSPS) is 14.2. The lowest BCUT2D eigenvalue weighted by Gasteiger charge is -2.20. The summed E-state index contributed by atoms with van der Waals surface area (Å²) in [4.78, 5) is 4.89. The number of fused-ring (bicyclic) bond motifs is 2. The van der Waals surface area contributed by atoms with Crippen molar-refractivity contribution in [3.05, 3.63) is 40.1 Å². The number of benzene rings is 1. The first-order chi connectivity index (χ1) is 9.20. The summed E-state index contributed by atoms with van der Waals surface area (Å²) in [5.74, 6) is 0. The van der Waals surface area contributed by atoms with Gasteiger partial charge in [0.05, 0.1) is 18.0 Å². The molecule has 1 aliphatic carbocycles. The topological polar surface area (TPSA) is 36.7 Å². The first-order valence-electron chi connectivity index (χ1n) is 6.99. The summed E-state index contributed by atoms with van der Waals surface area (Å²) < 4.78 is 0. The quantitative estimate of drug-likeness (QED) is 0.772. The number of hydrogen-bond donors (Lipinski definition) is 0. The molecular weight excluding hydrogens is 232 g/mol. The molecule has 1 aliphatic rings. The number of nitrogens with zero attached hydrogens (tertiary/aromatic N) is 2. The van der Waals surface area contributed by atoms with E-state index >= 15 is 0 Å². The van der Waals surface area contributed by atoms with Gasteiger partial charge in [-0.1, -0.05) is 11.6 Å². The van der Waals surface area contributed by atoms with Gasteiger partial charge in [-0.05, 0) is 62.3 Å². The van der Waals surface area contributed by atoms with Crippen LogP contribution in [0.2, 0.25) is 0 Å². The molecule has 3 rings (SSSR count). The Morgan fingerprint density at radius 3 is 2.79 bits per heavy atom. The molecule has 2 heteroatoms. The third kappa shape index (κ3) is 2.00. The van der Waals surface area contributed by atoms with E-state index in [0.717, 1.165) is 18.4 Å². The maximum absolute atomic E-state index is 9.15. The third-order valence-electron chi connectivity index (χ3n) is 4.08. The van der Waals surface area contributed by atoms with E-state index in [4.69, 9.17) is 10.2 Å².